The molecule has 0 radical (unpaired) electrons. The highest BCUT2D eigenvalue weighted by atomic mass is 79.9. The number of sulfonamides is 1. The first-order valence-corrected chi connectivity index (χ1v) is 10.9. The maximum Gasteiger partial charge on any atom is 0.264 e. The number of hydrogen-bond donors (Lipinski definition) is 1. The third-order valence-corrected chi connectivity index (χ3v) is 6.60. The third-order valence-electron chi connectivity index (χ3n) is 4.28. The zero-order valence-corrected chi connectivity index (χ0v) is 17.1. The van der Waals surface area contributed by atoms with Gasteiger partial charge in [-0.1, -0.05) is 34.1 Å². The largest absolute Gasteiger partial charge is 0.376 e. The van der Waals surface area contributed by atoms with Gasteiger partial charge in [0.05, 0.1) is 16.7 Å². The quantitative estimate of drug-likeness (QED) is 0.700. The molecule has 1 N–H and O–H groups in total. The standard InChI is InChI=1S/C19H21BrN2O4S/c20-15-8-10-16(11-9-15)22(27(24,25)18-6-2-1-3-7-18)14-19(23)21-13-17-5-4-12-26-17/h1-3,6-11,17H,4-5,12-14H2,(H,21,23). The normalized spacial score (nSPS) is 16.9. The fourth-order valence-corrected chi connectivity index (χ4v) is 4.57. The second-order valence-electron chi connectivity index (χ2n) is 6.24. The van der Waals surface area contributed by atoms with Crippen molar-refractivity contribution in [3.8, 4) is 0 Å². The highest BCUT2D eigenvalue weighted by molar-refractivity contribution is 9.10. The number of anilines is 1. The lowest BCUT2D eigenvalue weighted by atomic mass is 10.2. The number of nitrogens with zero attached hydrogens (tertiary/aromatic N) is 1. The van der Waals surface area contributed by atoms with E-state index < -0.39 is 10.0 Å². The van der Waals surface area contributed by atoms with Crippen LogP contribution in [0, 0.1) is 0 Å². The lowest BCUT2D eigenvalue weighted by molar-refractivity contribution is -0.120. The fourth-order valence-electron chi connectivity index (χ4n) is 2.86. The molecule has 1 amide bonds. The number of carbonyl (C=O) groups is 1. The summed E-state index contributed by atoms with van der Waals surface area (Å²) in [5.74, 6) is -0.368. The van der Waals surface area contributed by atoms with Crippen LogP contribution < -0.4 is 9.62 Å². The van der Waals surface area contributed by atoms with Crippen molar-refractivity contribution in [3.63, 3.8) is 0 Å². The molecule has 1 aliphatic heterocycles. The lowest BCUT2D eigenvalue weighted by Gasteiger charge is -2.24. The highest BCUT2D eigenvalue weighted by Gasteiger charge is 2.27. The first kappa shape index (κ1) is 19.9. The van der Waals surface area contributed by atoms with Crippen LogP contribution in [0.5, 0.6) is 0 Å². The minimum Gasteiger partial charge on any atom is -0.376 e. The van der Waals surface area contributed by atoms with Crippen LogP contribution >= 0.6 is 15.9 Å². The average Bonchev–Trinajstić information content (AvgIpc) is 3.19. The summed E-state index contributed by atoms with van der Waals surface area (Å²) < 4.78 is 33.7. The summed E-state index contributed by atoms with van der Waals surface area (Å²) in [7, 11) is -3.87. The van der Waals surface area contributed by atoms with E-state index in [9.17, 15) is 13.2 Å². The first-order valence-electron chi connectivity index (χ1n) is 8.68. The molecule has 1 atom stereocenters. The number of rotatable bonds is 7. The Bertz CT molecular complexity index is 866. The topological polar surface area (TPSA) is 75.7 Å². The molecule has 1 unspecified atom stereocenters. The molecule has 144 valence electrons. The molecule has 8 heteroatoms. The number of ether oxygens (including phenoxy) is 1. The SMILES string of the molecule is O=C(CN(c1ccc(Br)cc1)S(=O)(=O)c1ccccc1)NCC1CCCO1. The smallest absolute Gasteiger partial charge is 0.264 e. The molecule has 1 saturated heterocycles. The second kappa shape index (κ2) is 8.86. The van der Waals surface area contributed by atoms with Gasteiger partial charge in [0.25, 0.3) is 10.0 Å². The van der Waals surface area contributed by atoms with Gasteiger partial charge in [0.1, 0.15) is 6.54 Å². The fraction of sp³-hybridized carbons (Fsp3) is 0.316. The summed E-state index contributed by atoms with van der Waals surface area (Å²) in [6.45, 7) is 0.790. The Morgan fingerprint density at radius 3 is 2.48 bits per heavy atom. The maximum absolute atomic E-state index is 13.1. The molecule has 1 aliphatic rings. The van der Waals surface area contributed by atoms with E-state index in [0.717, 1.165) is 21.6 Å². The Morgan fingerprint density at radius 1 is 1.15 bits per heavy atom. The van der Waals surface area contributed by atoms with Crippen molar-refractivity contribution in [2.24, 2.45) is 0 Å². The van der Waals surface area contributed by atoms with Crippen molar-refractivity contribution in [2.45, 2.75) is 23.8 Å². The molecule has 2 aromatic carbocycles. The Kier molecular flexibility index (Phi) is 6.51. The molecule has 3 rings (SSSR count). The summed E-state index contributed by atoms with van der Waals surface area (Å²) in [6, 6.07) is 14.9. The molecule has 1 fully saturated rings. The Morgan fingerprint density at radius 2 is 1.85 bits per heavy atom. The molecular formula is C19H21BrN2O4S. The predicted molar refractivity (Wildman–Crippen MR) is 107 cm³/mol. The van der Waals surface area contributed by atoms with E-state index in [1.165, 1.54) is 12.1 Å². The lowest BCUT2D eigenvalue weighted by Crippen LogP contribution is -2.42. The molecule has 2 aromatic rings. The van der Waals surface area contributed by atoms with Gasteiger partial charge >= 0.3 is 0 Å². The number of amides is 1. The van der Waals surface area contributed by atoms with Crippen molar-refractivity contribution in [1.82, 2.24) is 5.32 Å². The predicted octanol–water partition coefficient (Wildman–Crippen LogP) is 2.94. The van der Waals surface area contributed by atoms with Crippen LogP contribution in [0.4, 0.5) is 5.69 Å². The number of hydrogen-bond acceptors (Lipinski definition) is 4. The molecule has 0 saturated carbocycles. The molecule has 0 aromatic heterocycles. The second-order valence-corrected chi connectivity index (χ2v) is 9.02. The Balaban J connectivity index is 1.81. The van der Waals surface area contributed by atoms with Gasteiger partial charge in [-0.3, -0.25) is 9.10 Å². The van der Waals surface area contributed by atoms with Crippen LogP contribution in [0.15, 0.2) is 64.0 Å². The summed E-state index contributed by atoms with van der Waals surface area (Å²) in [4.78, 5) is 12.6. The Labute approximate surface area is 167 Å². The Hall–Kier alpha value is -1.90. The monoisotopic (exact) mass is 452 g/mol. The van der Waals surface area contributed by atoms with Crippen LogP contribution in [0.25, 0.3) is 0 Å². The van der Waals surface area contributed by atoms with E-state index in [4.69, 9.17) is 4.74 Å². The van der Waals surface area contributed by atoms with Crippen molar-refractivity contribution < 1.29 is 17.9 Å². The van der Waals surface area contributed by atoms with Crippen LogP contribution in [-0.2, 0) is 19.6 Å². The van der Waals surface area contributed by atoms with Crippen molar-refractivity contribution >= 4 is 37.5 Å². The maximum atomic E-state index is 13.1. The van der Waals surface area contributed by atoms with Gasteiger partial charge in [-0.2, -0.15) is 0 Å². The van der Waals surface area contributed by atoms with Crippen molar-refractivity contribution in [2.75, 3.05) is 24.0 Å². The number of nitrogens with one attached hydrogen (secondary N) is 1. The van der Waals surface area contributed by atoms with Crippen LogP contribution in [0.3, 0.4) is 0 Å². The zero-order chi connectivity index (χ0) is 19.3. The molecule has 6 nitrogen and oxygen atoms in total. The molecule has 0 spiro atoms. The van der Waals surface area contributed by atoms with Gasteiger partial charge in [0.2, 0.25) is 5.91 Å². The molecular weight excluding hydrogens is 432 g/mol. The minimum absolute atomic E-state index is 0.000751. The first-order chi connectivity index (χ1) is 13.0. The van der Waals surface area contributed by atoms with Gasteiger partial charge in [-0.15, -0.1) is 0 Å². The third kappa shape index (κ3) is 5.09. The van der Waals surface area contributed by atoms with Crippen molar-refractivity contribution in [1.29, 1.82) is 0 Å². The summed E-state index contributed by atoms with van der Waals surface area (Å²) >= 11 is 3.34. The van der Waals surface area contributed by atoms with Gasteiger partial charge in [0.15, 0.2) is 0 Å². The molecule has 0 bridgehead atoms. The number of carbonyl (C=O) groups excluding carboxylic acids is 1. The van der Waals surface area contributed by atoms with Crippen LogP contribution in [0.1, 0.15) is 12.8 Å². The number of benzene rings is 2. The molecule has 0 aliphatic carbocycles. The number of halogens is 1. The van der Waals surface area contributed by atoms with E-state index in [1.807, 2.05) is 0 Å². The van der Waals surface area contributed by atoms with Gasteiger partial charge in [-0.05, 0) is 49.2 Å². The average molecular weight is 453 g/mol. The highest BCUT2D eigenvalue weighted by Crippen LogP contribution is 2.25. The van der Waals surface area contributed by atoms with E-state index in [-0.39, 0.29) is 23.5 Å². The van der Waals surface area contributed by atoms with E-state index >= 15 is 0 Å². The van der Waals surface area contributed by atoms with Gasteiger partial charge in [-0.25, -0.2) is 8.42 Å². The van der Waals surface area contributed by atoms with Crippen molar-refractivity contribution in [3.05, 3.63) is 59.1 Å². The van der Waals surface area contributed by atoms with E-state index in [1.54, 1.807) is 42.5 Å². The van der Waals surface area contributed by atoms with Crippen LogP contribution in [-0.4, -0.2) is 40.1 Å². The van der Waals surface area contributed by atoms with Crippen LogP contribution in [0.2, 0.25) is 0 Å². The van der Waals surface area contributed by atoms with Gasteiger partial charge < -0.3 is 10.1 Å². The van der Waals surface area contributed by atoms with Gasteiger partial charge in [0, 0.05) is 17.6 Å². The summed E-state index contributed by atoms with van der Waals surface area (Å²) in [5, 5.41) is 2.78. The molecule has 1 heterocycles. The summed E-state index contributed by atoms with van der Waals surface area (Å²) in [5.41, 5.74) is 0.425. The zero-order valence-electron chi connectivity index (χ0n) is 14.7. The van der Waals surface area contributed by atoms with E-state index in [0.29, 0.717) is 18.8 Å². The molecule has 27 heavy (non-hydrogen) atoms. The van der Waals surface area contributed by atoms with E-state index in [2.05, 4.69) is 21.2 Å². The summed E-state index contributed by atoms with van der Waals surface area (Å²) in [6.07, 6.45) is 1.88. The minimum atomic E-state index is -3.87.